The van der Waals surface area contributed by atoms with Gasteiger partial charge in [-0.05, 0) is 50.6 Å². The van der Waals surface area contributed by atoms with Gasteiger partial charge in [-0.15, -0.1) is 0 Å². The van der Waals surface area contributed by atoms with Crippen molar-refractivity contribution < 1.29 is 4.79 Å². The van der Waals surface area contributed by atoms with Crippen molar-refractivity contribution in [2.75, 3.05) is 13.1 Å². The highest BCUT2D eigenvalue weighted by atomic mass is 16.2. The molecule has 0 aliphatic carbocycles. The monoisotopic (exact) mass is 375 g/mol. The summed E-state index contributed by atoms with van der Waals surface area (Å²) in [6, 6.07) is 17.8. The van der Waals surface area contributed by atoms with E-state index < -0.39 is 0 Å². The molecule has 6 heteroatoms. The Morgan fingerprint density at radius 1 is 1.07 bits per heavy atom. The lowest BCUT2D eigenvalue weighted by molar-refractivity contribution is 0.0636. The number of aromatic amines is 1. The number of nitrogens with zero attached hydrogens (tertiary/aromatic N) is 3. The number of H-pyrrole nitrogens is 1. The first-order valence-corrected chi connectivity index (χ1v) is 9.84. The molecular weight excluding hydrogens is 350 g/mol. The van der Waals surface area contributed by atoms with Crippen LogP contribution in [0.2, 0.25) is 0 Å². The summed E-state index contributed by atoms with van der Waals surface area (Å²) in [5, 5.41) is 10.7. The zero-order chi connectivity index (χ0) is 19.2. The summed E-state index contributed by atoms with van der Waals surface area (Å²) in [6.07, 6.45) is 4.77. The molecule has 1 unspecified atom stereocenters. The van der Waals surface area contributed by atoms with Gasteiger partial charge >= 0.3 is 0 Å². The van der Waals surface area contributed by atoms with Gasteiger partial charge in [-0.25, -0.2) is 0 Å². The van der Waals surface area contributed by atoms with E-state index in [9.17, 15) is 4.79 Å². The molecular formula is C22H25N5O. The molecule has 0 saturated carbocycles. The van der Waals surface area contributed by atoms with E-state index >= 15 is 0 Å². The van der Waals surface area contributed by atoms with E-state index in [1.165, 1.54) is 0 Å². The molecule has 1 atom stereocenters. The molecule has 1 aliphatic heterocycles. The molecule has 28 heavy (non-hydrogen) atoms. The van der Waals surface area contributed by atoms with Crippen molar-refractivity contribution in [3.63, 3.8) is 0 Å². The van der Waals surface area contributed by atoms with Crippen LogP contribution in [0.25, 0.3) is 11.3 Å². The third-order valence-electron chi connectivity index (χ3n) is 5.18. The number of benzene rings is 1. The number of hydrogen-bond acceptors (Lipinski definition) is 4. The standard InChI is InChI=1S/C22H25N5O/c28-22(21-15-20(25-26-21)17-7-2-1-3-8-17)27(16-18-9-4-5-13-24-18)19-10-6-12-23-14-11-19/h1-5,7-9,13,15,19,23H,6,10-12,14,16H2,(H,25,26). The van der Waals surface area contributed by atoms with Crippen molar-refractivity contribution in [2.24, 2.45) is 0 Å². The van der Waals surface area contributed by atoms with Crippen LogP contribution < -0.4 is 5.32 Å². The first-order chi connectivity index (χ1) is 13.8. The molecule has 1 aromatic carbocycles. The molecule has 1 amide bonds. The summed E-state index contributed by atoms with van der Waals surface area (Å²) in [5.41, 5.74) is 3.19. The minimum absolute atomic E-state index is 0.0211. The lowest BCUT2D eigenvalue weighted by Gasteiger charge is -2.30. The highest BCUT2D eigenvalue weighted by Gasteiger charge is 2.27. The van der Waals surface area contributed by atoms with Crippen LogP contribution in [0.5, 0.6) is 0 Å². The maximum Gasteiger partial charge on any atom is 0.272 e. The van der Waals surface area contributed by atoms with Crippen molar-refractivity contribution in [2.45, 2.75) is 31.8 Å². The highest BCUT2D eigenvalue weighted by molar-refractivity contribution is 5.93. The lowest BCUT2D eigenvalue weighted by atomic mass is 10.1. The van der Waals surface area contributed by atoms with Crippen molar-refractivity contribution >= 4 is 5.91 Å². The van der Waals surface area contributed by atoms with Gasteiger partial charge in [0.15, 0.2) is 0 Å². The number of carbonyl (C=O) groups excluding carboxylic acids is 1. The maximum atomic E-state index is 13.4. The number of pyridine rings is 1. The van der Waals surface area contributed by atoms with Crippen molar-refractivity contribution in [3.8, 4) is 11.3 Å². The lowest BCUT2D eigenvalue weighted by Crippen LogP contribution is -2.40. The second kappa shape index (κ2) is 8.80. The molecule has 1 saturated heterocycles. The Hall–Kier alpha value is -2.99. The van der Waals surface area contributed by atoms with Gasteiger partial charge in [0.05, 0.1) is 17.9 Å². The average Bonchev–Trinajstić information content (AvgIpc) is 3.09. The molecule has 3 aromatic rings. The Morgan fingerprint density at radius 3 is 2.75 bits per heavy atom. The zero-order valence-electron chi connectivity index (χ0n) is 15.8. The number of aromatic nitrogens is 3. The normalized spacial score (nSPS) is 17.1. The van der Waals surface area contributed by atoms with E-state index in [4.69, 9.17) is 0 Å². The van der Waals surface area contributed by atoms with Gasteiger partial charge in [0, 0.05) is 17.8 Å². The number of carbonyl (C=O) groups is 1. The number of nitrogens with one attached hydrogen (secondary N) is 2. The highest BCUT2D eigenvalue weighted by Crippen LogP contribution is 2.22. The summed E-state index contributed by atoms with van der Waals surface area (Å²) in [6.45, 7) is 2.43. The van der Waals surface area contributed by atoms with Crippen LogP contribution in [0.4, 0.5) is 0 Å². The van der Waals surface area contributed by atoms with E-state index in [1.807, 2.05) is 59.5 Å². The van der Waals surface area contributed by atoms with Crippen LogP contribution in [-0.4, -0.2) is 45.1 Å². The van der Waals surface area contributed by atoms with Crippen LogP contribution in [0.15, 0.2) is 60.8 Å². The second-order valence-electron chi connectivity index (χ2n) is 7.12. The van der Waals surface area contributed by atoms with Crippen molar-refractivity contribution in [3.05, 3.63) is 72.2 Å². The topological polar surface area (TPSA) is 73.9 Å². The van der Waals surface area contributed by atoms with Crippen LogP contribution in [0.3, 0.4) is 0 Å². The van der Waals surface area contributed by atoms with Gasteiger partial charge in [0.2, 0.25) is 0 Å². The minimum atomic E-state index is -0.0211. The number of hydrogen-bond donors (Lipinski definition) is 2. The molecule has 2 N–H and O–H groups in total. The van der Waals surface area contributed by atoms with Gasteiger partial charge in [0.25, 0.3) is 5.91 Å². The first kappa shape index (κ1) is 18.4. The Balaban J connectivity index is 1.60. The summed E-state index contributed by atoms with van der Waals surface area (Å²) in [5.74, 6) is -0.0211. The largest absolute Gasteiger partial charge is 0.328 e. The maximum absolute atomic E-state index is 13.4. The quantitative estimate of drug-likeness (QED) is 0.718. The molecule has 0 spiro atoms. The van der Waals surface area contributed by atoms with Crippen LogP contribution >= 0.6 is 0 Å². The molecule has 0 radical (unpaired) electrons. The summed E-state index contributed by atoms with van der Waals surface area (Å²) >= 11 is 0. The van der Waals surface area contributed by atoms with Gasteiger partial charge < -0.3 is 10.2 Å². The van der Waals surface area contributed by atoms with E-state index in [0.717, 1.165) is 49.3 Å². The van der Waals surface area contributed by atoms with Gasteiger partial charge in [-0.2, -0.15) is 5.10 Å². The summed E-state index contributed by atoms with van der Waals surface area (Å²) in [4.78, 5) is 19.8. The van der Waals surface area contributed by atoms with E-state index in [0.29, 0.717) is 12.2 Å². The molecule has 144 valence electrons. The van der Waals surface area contributed by atoms with E-state index in [-0.39, 0.29) is 11.9 Å². The minimum Gasteiger partial charge on any atom is -0.328 e. The van der Waals surface area contributed by atoms with Crippen molar-refractivity contribution in [1.82, 2.24) is 25.4 Å². The SMILES string of the molecule is O=C(c1cc(-c2ccccc2)n[nH]1)N(Cc1ccccn1)C1CCCNCC1. The number of rotatable bonds is 5. The fourth-order valence-electron chi connectivity index (χ4n) is 3.69. The van der Waals surface area contributed by atoms with Crippen molar-refractivity contribution in [1.29, 1.82) is 0 Å². The fourth-order valence-corrected chi connectivity index (χ4v) is 3.69. The Kier molecular flexibility index (Phi) is 5.77. The van der Waals surface area contributed by atoms with Crippen LogP contribution in [-0.2, 0) is 6.54 Å². The molecule has 1 fully saturated rings. The third kappa shape index (κ3) is 4.28. The first-order valence-electron chi connectivity index (χ1n) is 9.84. The zero-order valence-corrected chi connectivity index (χ0v) is 15.8. The van der Waals surface area contributed by atoms with E-state index in [2.05, 4.69) is 20.5 Å². The van der Waals surface area contributed by atoms with Gasteiger partial charge in [-0.1, -0.05) is 36.4 Å². The molecule has 6 nitrogen and oxygen atoms in total. The Labute approximate surface area is 165 Å². The summed E-state index contributed by atoms with van der Waals surface area (Å²) < 4.78 is 0. The fraction of sp³-hybridized carbons (Fsp3) is 0.318. The average molecular weight is 375 g/mol. The number of amides is 1. The molecule has 2 aromatic heterocycles. The molecule has 4 rings (SSSR count). The Bertz CT molecular complexity index is 886. The predicted octanol–water partition coefficient (Wildman–Crippen LogP) is 3.26. The van der Waals surface area contributed by atoms with Crippen LogP contribution in [0.1, 0.15) is 35.4 Å². The molecule has 0 bridgehead atoms. The molecule has 1 aliphatic rings. The van der Waals surface area contributed by atoms with Crippen LogP contribution in [0, 0.1) is 0 Å². The van der Waals surface area contributed by atoms with Gasteiger partial charge in [-0.3, -0.25) is 14.9 Å². The Morgan fingerprint density at radius 2 is 1.93 bits per heavy atom. The van der Waals surface area contributed by atoms with E-state index in [1.54, 1.807) is 6.20 Å². The predicted molar refractivity (Wildman–Crippen MR) is 109 cm³/mol. The second-order valence-corrected chi connectivity index (χ2v) is 7.12. The molecule has 3 heterocycles. The summed E-state index contributed by atoms with van der Waals surface area (Å²) in [7, 11) is 0. The third-order valence-corrected chi connectivity index (χ3v) is 5.18. The van der Waals surface area contributed by atoms with Gasteiger partial charge in [0.1, 0.15) is 5.69 Å². The smallest absolute Gasteiger partial charge is 0.272 e.